The first-order valence-electron chi connectivity index (χ1n) is 11.6. The molecule has 5 unspecified atom stereocenters. The molecule has 4 saturated carbocycles. The molecule has 2 heteroatoms. The first kappa shape index (κ1) is 19.7. The summed E-state index contributed by atoms with van der Waals surface area (Å²) in [7, 11) is 0. The Hall–Kier alpha value is -0.0800. The molecule has 4 rings (SSSR count). The Morgan fingerprint density at radius 1 is 1.00 bits per heavy atom. The van der Waals surface area contributed by atoms with Crippen molar-refractivity contribution in [3.05, 3.63) is 0 Å². The van der Waals surface area contributed by atoms with E-state index in [9.17, 15) is 0 Å². The summed E-state index contributed by atoms with van der Waals surface area (Å²) in [4.78, 5) is 0. The minimum Gasteiger partial charge on any atom is -0.330 e. The van der Waals surface area contributed by atoms with Crippen LogP contribution in [0.15, 0.2) is 0 Å². The van der Waals surface area contributed by atoms with E-state index in [2.05, 4.69) is 12.2 Å². The maximum atomic E-state index is 5.63. The zero-order valence-corrected chi connectivity index (χ0v) is 17.2. The monoisotopic (exact) mass is 348 g/mol. The predicted octanol–water partition coefficient (Wildman–Crippen LogP) is 5.22. The molecule has 4 aliphatic carbocycles. The van der Waals surface area contributed by atoms with E-state index in [0.717, 1.165) is 60.4 Å². The van der Waals surface area contributed by atoms with E-state index in [1.54, 1.807) is 38.5 Å². The van der Waals surface area contributed by atoms with Crippen LogP contribution in [0.2, 0.25) is 0 Å². The van der Waals surface area contributed by atoms with Gasteiger partial charge in [-0.3, -0.25) is 0 Å². The molecule has 0 aliphatic heterocycles. The third-order valence-corrected chi connectivity index (χ3v) is 8.57. The number of rotatable bonds is 5. The van der Waals surface area contributed by atoms with E-state index in [1.807, 2.05) is 13.8 Å². The number of fused-ring (bicyclic) bond motifs is 3. The highest BCUT2D eigenvalue weighted by Gasteiger charge is 2.57. The third kappa shape index (κ3) is 3.81. The Morgan fingerprint density at radius 2 is 1.84 bits per heavy atom. The van der Waals surface area contributed by atoms with Crippen molar-refractivity contribution in [1.82, 2.24) is 5.32 Å². The Balaban J connectivity index is 0.000000880. The highest BCUT2D eigenvalue weighted by Crippen LogP contribution is 2.66. The second kappa shape index (κ2) is 8.74. The SMILES string of the molecule is CC.C[C@H]1CCCC2C1CCC13CC(CCC21)[C@@H](CNCCCN)C3. The molecule has 0 saturated heterocycles. The lowest BCUT2D eigenvalue weighted by atomic mass is 9.50. The first-order chi connectivity index (χ1) is 12.2. The summed E-state index contributed by atoms with van der Waals surface area (Å²) in [6.45, 7) is 9.77. The Bertz CT molecular complexity index is 409. The van der Waals surface area contributed by atoms with Gasteiger partial charge < -0.3 is 11.1 Å². The van der Waals surface area contributed by atoms with E-state index < -0.39 is 0 Å². The van der Waals surface area contributed by atoms with Crippen LogP contribution in [-0.2, 0) is 0 Å². The molecule has 0 heterocycles. The minimum atomic E-state index is 0.765. The van der Waals surface area contributed by atoms with Crippen LogP contribution in [0.25, 0.3) is 0 Å². The largest absolute Gasteiger partial charge is 0.330 e. The van der Waals surface area contributed by atoms with Crippen molar-refractivity contribution in [1.29, 1.82) is 0 Å². The topological polar surface area (TPSA) is 38.0 Å². The van der Waals surface area contributed by atoms with Crippen LogP contribution in [0.4, 0.5) is 0 Å². The summed E-state index contributed by atoms with van der Waals surface area (Å²) in [5.74, 6) is 6.29. The molecule has 25 heavy (non-hydrogen) atoms. The minimum absolute atomic E-state index is 0.765. The Labute approximate surface area is 157 Å². The molecular formula is C23H44N2. The molecule has 146 valence electrons. The van der Waals surface area contributed by atoms with Crippen molar-refractivity contribution in [2.45, 2.75) is 85.0 Å². The van der Waals surface area contributed by atoms with E-state index in [4.69, 9.17) is 5.73 Å². The quantitative estimate of drug-likeness (QED) is 0.668. The van der Waals surface area contributed by atoms with Crippen LogP contribution in [0.5, 0.6) is 0 Å². The number of nitrogens with two attached hydrogens (primary N) is 1. The summed E-state index contributed by atoms with van der Waals surface area (Å²) in [6.07, 6.45) is 15.1. The average Bonchev–Trinajstić information content (AvgIpc) is 2.91. The molecule has 0 amide bonds. The maximum absolute atomic E-state index is 5.63. The van der Waals surface area contributed by atoms with Gasteiger partial charge in [-0.1, -0.05) is 33.6 Å². The molecular weight excluding hydrogens is 304 g/mol. The van der Waals surface area contributed by atoms with E-state index >= 15 is 0 Å². The van der Waals surface area contributed by atoms with Crippen LogP contribution in [0.1, 0.15) is 85.0 Å². The molecule has 3 N–H and O–H groups in total. The Kier molecular flexibility index (Phi) is 6.88. The first-order valence-corrected chi connectivity index (χ1v) is 11.6. The molecule has 2 nitrogen and oxygen atoms in total. The van der Waals surface area contributed by atoms with Crippen LogP contribution < -0.4 is 11.1 Å². The highest BCUT2D eigenvalue weighted by molar-refractivity contribution is 5.08. The Morgan fingerprint density at radius 3 is 2.64 bits per heavy atom. The van der Waals surface area contributed by atoms with Crippen molar-refractivity contribution in [3.8, 4) is 0 Å². The van der Waals surface area contributed by atoms with Crippen molar-refractivity contribution >= 4 is 0 Å². The van der Waals surface area contributed by atoms with Gasteiger partial charge in [-0.15, -0.1) is 0 Å². The molecule has 4 aliphatic rings. The van der Waals surface area contributed by atoms with Crippen LogP contribution >= 0.6 is 0 Å². The van der Waals surface area contributed by atoms with Crippen molar-refractivity contribution < 1.29 is 0 Å². The molecule has 0 aromatic carbocycles. The zero-order chi connectivity index (χ0) is 17.9. The summed E-state index contributed by atoms with van der Waals surface area (Å²) in [5, 5.41) is 3.72. The third-order valence-electron chi connectivity index (χ3n) is 8.57. The average molecular weight is 349 g/mol. The van der Waals surface area contributed by atoms with Gasteiger partial charge in [0.15, 0.2) is 0 Å². The fraction of sp³-hybridized carbons (Fsp3) is 1.00. The van der Waals surface area contributed by atoms with Crippen LogP contribution in [-0.4, -0.2) is 19.6 Å². The van der Waals surface area contributed by atoms with E-state index in [-0.39, 0.29) is 0 Å². The number of hydrogen-bond donors (Lipinski definition) is 2. The number of nitrogens with one attached hydrogen (secondary N) is 1. The molecule has 7 atom stereocenters. The van der Waals surface area contributed by atoms with Crippen LogP contribution in [0.3, 0.4) is 0 Å². The highest BCUT2D eigenvalue weighted by atomic mass is 14.9. The molecule has 0 aromatic rings. The van der Waals surface area contributed by atoms with Gasteiger partial charge in [0.25, 0.3) is 0 Å². The summed E-state index contributed by atoms with van der Waals surface area (Å²) in [6, 6.07) is 0. The molecule has 2 bridgehead atoms. The summed E-state index contributed by atoms with van der Waals surface area (Å²) >= 11 is 0. The molecule has 0 radical (unpaired) electrons. The second-order valence-corrected chi connectivity index (χ2v) is 9.60. The van der Waals surface area contributed by atoms with Crippen molar-refractivity contribution in [2.75, 3.05) is 19.6 Å². The smallest absolute Gasteiger partial charge is 0.00176 e. The lowest BCUT2D eigenvalue weighted by Gasteiger charge is -2.55. The fourth-order valence-electron chi connectivity index (χ4n) is 7.59. The van der Waals surface area contributed by atoms with Gasteiger partial charge in [0, 0.05) is 0 Å². The second-order valence-electron chi connectivity index (χ2n) is 9.60. The predicted molar refractivity (Wildman–Crippen MR) is 108 cm³/mol. The fourth-order valence-corrected chi connectivity index (χ4v) is 7.59. The van der Waals surface area contributed by atoms with E-state index in [0.29, 0.717) is 0 Å². The van der Waals surface area contributed by atoms with E-state index in [1.165, 1.54) is 25.8 Å². The van der Waals surface area contributed by atoms with Crippen molar-refractivity contribution in [3.63, 3.8) is 0 Å². The lowest BCUT2D eigenvalue weighted by molar-refractivity contribution is -0.0552. The molecule has 4 fully saturated rings. The summed E-state index contributed by atoms with van der Waals surface area (Å²) in [5.41, 5.74) is 6.39. The summed E-state index contributed by atoms with van der Waals surface area (Å²) < 4.78 is 0. The van der Waals surface area contributed by atoms with Gasteiger partial charge in [0.2, 0.25) is 0 Å². The molecule has 1 spiro atoms. The standard InChI is InChI=1S/C21H38N2.C2H6/c1-15-4-2-5-19-18(15)8-9-21-12-16(6-7-20(19)21)17(13-21)14-23-11-3-10-22;1-2/h15-20,23H,2-14,22H2,1H3;1-2H3/t15-,16?,17+,18?,19?,20?,21?;/m0./s1. The maximum Gasteiger partial charge on any atom is -0.00176 e. The van der Waals surface area contributed by atoms with Gasteiger partial charge in [-0.05, 0) is 112 Å². The van der Waals surface area contributed by atoms with Gasteiger partial charge in [-0.2, -0.15) is 0 Å². The number of hydrogen-bond acceptors (Lipinski definition) is 2. The van der Waals surface area contributed by atoms with Gasteiger partial charge in [-0.25, -0.2) is 0 Å². The van der Waals surface area contributed by atoms with Gasteiger partial charge >= 0.3 is 0 Å². The zero-order valence-electron chi connectivity index (χ0n) is 17.2. The lowest BCUT2D eigenvalue weighted by Crippen LogP contribution is -2.46. The van der Waals surface area contributed by atoms with Crippen molar-refractivity contribution in [2.24, 2.45) is 46.7 Å². The van der Waals surface area contributed by atoms with Gasteiger partial charge in [0.1, 0.15) is 0 Å². The molecule has 0 aromatic heterocycles. The normalized spacial score (nSPS) is 45.1. The van der Waals surface area contributed by atoms with Crippen LogP contribution in [0, 0.1) is 40.9 Å². The van der Waals surface area contributed by atoms with Gasteiger partial charge in [0.05, 0.1) is 0 Å².